The summed E-state index contributed by atoms with van der Waals surface area (Å²) < 4.78 is 0. The molecular formula is C14H19Cl3N2OS. The molecule has 0 radical (unpaired) electrons. The van der Waals surface area contributed by atoms with Crippen LogP contribution in [-0.2, 0) is 0 Å². The van der Waals surface area contributed by atoms with Crippen LogP contribution < -0.4 is 10.6 Å². The number of hydrogen-bond acceptors (Lipinski definition) is 3. The van der Waals surface area contributed by atoms with E-state index in [0.717, 1.165) is 24.4 Å². The zero-order chi connectivity index (χ0) is 14.7. The van der Waals surface area contributed by atoms with Gasteiger partial charge in [0.05, 0.1) is 15.6 Å². The lowest BCUT2D eigenvalue weighted by atomic mass is 9.95. The van der Waals surface area contributed by atoms with Crippen molar-refractivity contribution in [1.82, 2.24) is 10.6 Å². The zero-order valence-electron chi connectivity index (χ0n) is 11.9. The first kappa shape index (κ1) is 18.9. The number of benzene rings is 1. The monoisotopic (exact) mass is 368 g/mol. The van der Waals surface area contributed by atoms with Gasteiger partial charge in [0.15, 0.2) is 0 Å². The lowest BCUT2D eigenvalue weighted by Gasteiger charge is -2.30. The van der Waals surface area contributed by atoms with Crippen molar-refractivity contribution in [3.8, 4) is 0 Å². The van der Waals surface area contributed by atoms with E-state index in [0.29, 0.717) is 21.5 Å². The standard InChI is InChI=1S/C14H18Cl2N2OS.ClH/c1-8-7-17-4-3-12(8)18-14(19)9-5-13(20-2)11(16)6-10(9)15;/h5-6,8,12,17H,3-4,7H2,1-2H3,(H,18,19);1H. The Kier molecular flexibility index (Phi) is 7.65. The molecule has 2 unspecified atom stereocenters. The Hall–Kier alpha value is -0.130. The molecular weight excluding hydrogens is 351 g/mol. The summed E-state index contributed by atoms with van der Waals surface area (Å²) in [5.41, 5.74) is 0.492. The smallest absolute Gasteiger partial charge is 0.253 e. The predicted molar refractivity (Wildman–Crippen MR) is 93.4 cm³/mol. The van der Waals surface area contributed by atoms with Gasteiger partial charge in [0.25, 0.3) is 5.91 Å². The van der Waals surface area contributed by atoms with Crippen molar-refractivity contribution >= 4 is 53.3 Å². The third-order valence-electron chi connectivity index (χ3n) is 3.59. The first-order valence-electron chi connectivity index (χ1n) is 6.57. The number of hydrogen-bond donors (Lipinski definition) is 2. The highest BCUT2D eigenvalue weighted by molar-refractivity contribution is 7.98. The molecule has 1 aliphatic heterocycles. The Balaban J connectivity index is 0.00000220. The third kappa shape index (κ3) is 4.67. The number of carbonyl (C=O) groups excluding carboxylic acids is 1. The second-order valence-corrected chi connectivity index (χ2v) is 6.68. The summed E-state index contributed by atoms with van der Waals surface area (Å²) in [5.74, 6) is 0.291. The van der Waals surface area contributed by atoms with E-state index in [2.05, 4.69) is 17.6 Å². The molecule has 1 fully saturated rings. The highest BCUT2D eigenvalue weighted by atomic mass is 35.5. The second kappa shape index (κ2) is 8.49. The number of carbonyl (C=O) groups is 1. The third-order valence-corrected chi connectivity index (χ3v) is 5.10. The maximum Gasteiger partial charge on any atom is 0.253 e. The Labute approximate surface area is 145 Å². The maximum absolute atomic E-state index is 12.4. The van der Waals surface area contributed by atoms with E-state index in [1.54, 1.807) is 12.1 Å². The quantitative estimate of drug-likeness (QED) is 0.795. The number of rotatable bonds is 3. The van der Waals surface area contributed by atoms with Crippen molar-refractivity contribution in [2.24, 2.45) is 5.92 Å². The summed E-state index contributed by atoms with van der Waals surface area (Å²) in [5, 5.41) is 7.37. The van der Waals surface area contributed by atoms with Crippen molar-refractivity contribution in [3.63, 3.8) is 0 Å². The lowest BCUT2D eigenvalue weighted by molar-refractivity contribution is 0.0914. The molecule has 2 rings (SSSR count). The molecule has 0 aromatic heterocycles. The largest absolute Gasteiger partial charge is 0.349 e. The fraction of sp³-hybridized carbons (Fsp3) is 0.500. The summed E-state index contributed by atoms with van der Waals surface area (Å²) in [7, 11) is 0. The van der Waals surface area contributed by atoms with E-state index in [4.69, 9.17) is 23.2 Å². The first-order valence-corrected chi connectivity index (χ1v) is 8.55. The van der Waals surface area contributed by atoms with E-state index in [1.165, 1.54) is 11.8 Å². The van der Waals surface area contributed by atoms with Crippen molar-refractivity contribution in [1.29, 1.82) is 0 Å². The van der Waals surface area contributed by atoms with E-state index in [9.17, 15) is 4.79 Å². The van der Waals surface area contributed by atoms with Crippen LogP contribution in [0.25, 0.3) is 0 Å². The molecule has 7 heteroatoms. The minimum absolute atomic E-state index is 0. The normalized spacial score (nSPS) is 21.5. The van der Waals surface area contributed by atoms with Gasteiger partial charge in [-0.05, 0) is 43.8 Å². The van der Waals surface area contributed by atoms with Crippen LogP contribution in [0, 0.1) is 5.92 Å². The van der Waals surface area contributed by atoms with Gasteiger partial charge >= 0.3 is 0 Å². The van der Waals surface area contributed by atoms with Gasteiger partial charge < -0.3 is 10.6 Å². The number of nitrogens with one attached hydrogen (secondary N) is 2. The number of amides is 1. The van der Waals surface area contributed by atoms with Crippen molar-refractivity contribution in [2.75, 3.05) is 19.3 Å². The van der Waals surface area contributed by atoms with Crippen molar-refractivity contribution in [2.45, 2.75) is 24.3 Å². The molecule has 21 heavy (non-hydrogen) atoms. The fourth-order valence-corrected chi connectivity index (χ4v) is 3.52. The molecule has 2 N–H and O–H groups in total. The Morgan fingerprint density at radius 2 is 2.10 bits per heavy atom. The zero-order valence-corrected chi connectivity index (χ0v) is 15.1. The van der Waals surface area contributed by atoms with E-state index in [-0.39, 0.29) is 24.4 Å². The highest BCUT2D eigenvalue weighted by Crippen LogP contribution is 2.31. The van der Waals surface area contributed by atoms with E-state index in [1.807, 2.05) is 6.26 Å². The van der Waals surface area contributed by atoms with Crippen LogP contribution in [0.3, 0.4) is 0 Å². The van der Waals surface area contributed by atoms with Crippen LogP contribution in [0.5, 0.6) is 0 Å². The molecule has 1 aliphatic rings. The van der Waals surface area contributed by atoms with Crippen LogP contribution in [0.15, 0.2) is 17.0 Å². The highest BCUT2D eigenvalue weighted by Gasteiger charge is 2.24. The molecule has 1 heterocycles. The van der Waals surface area contributed by atoms with Gasteiger partial charge in [-0.25, -0.2) is 0 Å². The lowest BCUT2D eigenvalue weighted by Crippen LogP contribution is -2.48. The molecule has 1 saturated heterocycles. The Morgan fingerprint density at radius 3 is 2.71 bits per heavy atom. The van der Waals surface area contributed by atoms with Gasteiger partial charge in [0.1, 0.15) is 0 Å². The number of piperidine rings is 1. The van der Waals surface area contributed by atoms with Crippen LogP contribution in [0.2, 0.25) is 10.0 Å². The summed E-state index contributed by atoms with van der Waals surface area (Å²) in [6.45, 7) is 3.99. The second-order valence-electron chi connectivity index (χ2n) is 5.02. The number of thioether (sulfide) groups is 1. The minimum Gasteiger partial charge on any atom is -0.349 e. The molecule has 3 nitrogen and oxygen atoms in total. The fourth-order valence-electron chi connectivity index (χ4n) is 2.33. The van der Waals surface area contributed by atoms with Gasteiger partial charge in [-0.15, -0.1) is 24.2 Å². The summed E-state index contributed by atoms with van der Waals surface area (Å²) in [6.07, 6.45) is 2.86. The SMILES string of the molecule is CSc1cc(C(=O)NC2CCNCC2C)c(Cl)cc1Cl.Cl. The van der Waals surface area contributed by atoms with Crippen molar-refractivity contribution in [3.05, 3.63) is 27.7 Å². The van der Waals surface area contributed by atoms with Gasteiger partial charge in [0.2, 0.25) is 0 Å². The molecule has 1 aromatic carbocycles. The molecule has 1 aromatic rings. The van der Waals surface area contributed by atoms with Crippen LogP contribution in [0.4, 0.5) is 0 Å². The molecule has 0 saturated carbocycles. The molecule has 118 valence electrons. The van der Waals surface area contributed by atoms with Gasteiger partial charge in [-0.3, -0.25) is 4.79 Å². The first-order chi connectivity index (χ1) is 9.52. The van der Waals surface area contributed by atoms with Crippen LogP contribution in [-0.4, -0.2) is 31.3 Å². The van der Waals surface area contributed by atoms with E-state index >= 15 is 0 Å². The van der Waals surface area contributed by atoms with Gasteiger partial charge in [-0.1, -0.05) is 30.1 Å². The summed E-state index contributed by atoms with van der Waals surface area (Å²) >= 11 is 13.7. The van der Waals surface area contributed by atoms with Crippen LogP contribution in [0.1, 0.15) is 23.7 Å². The average molecular weight is 370 g/mol. The predicted octanol–water partition coefficient (Wildman–Crippen LogP) is 3.86. The average Bonchev–Trinajstić information content (AvgIpc) is 2.41. The summed E-state index contributed by atoms with van der Waals surface area (Å²) in [6, 6.07) is 3.58. The van der Waals surface area contributed by atoms with Crippen molar-refractivity contribution < 1.29 is 4.79 Å². The Morgan fingerprint density at radius 1 is 1.38 bits per heavy atom. The summed E-state index contributed by atoms with van der Waals surface area (Å²) in [4.78, 5) is 13.3. The topological polar surface area (TPSA) is 41.1 Å². The van der Waals surface area contributed by atoms with Gasteiger partial charge in [-0.2, -0.15) is 0 Å². The Bertz CT molecular complexity index is 513. The minimum atomic E-state index is -0.124. The maximum atomic E-state index is 12.4. The molecule has 0 aliphatic carbocycles. The van der Waals surface area contributed by atoms with E-state index < -0.39 is 0 Å². The number of halogens is 3. The molecule has 0 spiro atoms. The molecule has 1 amide bonds. The van der Waals surface area contributed by atoms with Gasteiger partial charge in [0, 0.05) is 10.9 Å². The molecule has 0 bridgehead atoms. The molecule has 2 atom stereocenters. The van der Waals surface area contributed by atoms with Crippen LogP contribution >= 0.6 is 47.4 Å².